The van der Waals surface area contributed by atoms with Gasteiger partial charge in [0.2, 0.25) is 17.6 Å². The van der Waals surface area contributed by atoms with Crippen LogP contribution >= 0.6 is 0 Å². The van der Waals surface area contributed by atoms with E-state index in [-0.39, 0.29) is 11.7 Å². The normalized spacial score (nSPS) is 14.6. The molecule has 5 rings (SSSR count). The van der Waals surface area contributed by atoms with Gasteiger partial charge in [0, 0.05) is 62.7 Å². The van der Waals surface area contributed by atoms with E-state index >= 15 is 0 Å². The van der Waals surface area contributed by atoms with Crippen LogP contribution in [0.15, 0.2) is 59.3 Å². The molecule has 7 nitrogen and oxygen atoms in total. The van der Waals surface area contributed by atoms with Gasteiger partial charge in [-0.05, 0) is 42.3 Å². The summed E-state index contributed by atoms with van der Waals surface area (Å²) in [7, 11) is 0. The number of aryl methyl sites for hydroxylation is 2. The molecule has 0 saturated carbocycles. The predicted octanol–water partition coefficient (Wildman–Crippen LogP) is 4.01. The Hall–Kier alpha value is -3.65. The lowest BCUT2D eigenvalue weighted by atomic mass is 10.1. The summed E-state index contributed by atoms with van der Waals surface area (Å²) in [6, 6.07) is 15.0. The molecule has 174 valence electrons. The molecule has 2 aromatic heterocycles. The quantitative estimate of drug-likeness (QED) is 0.434. The van der Waals surface area contributed by atoms with Crippen LogP contribution in [0.25, 0.3) is 22.3 Å². The van der Waals surface area contributed by atoms with Gasteiger partial charge in [0.05, 0.1) is 5.52 Å². The number of fused-ring (bicyclic) bond motifs is 1. The van der Waals surface area contributed by atoms with Crippen LogP contribution in [0.4, 0.5) is 4.39 Å². The molecular weight excluding hydrogens is 433 g/mol. The Balaban J connectivity index is 1.12. The summed E-state index contributed by atoms with van der Waals surface area (Å²) >= 11 is 0. The van der Waals surface area contributed by atoms with Crippen molar-refractivity contribution >= 4 is 16.8 Å². The topological polar surface area (TPSA) is 75.4 Å². The van der Waals surface area contributed by atoms with E-state index in [0.717, 1.165) is 30.5 Å². The standard InChI is InChI=1S/C26H26FN5O2/c1-18-16-20(7-8-22(18)27)26-29-23(34-30-26)9-10-24(33)32-14-12-31(13-15-32)17-21-5-2-4-19-6-3-11-28-25(19)21/h2-8,11,16H,9-10,12-15,17H2,1H3. The number of carbonyl (C=O) groups excluding carboxylic acids is 1. The smallest absolute Gasteiger partial charge is 0.227 e. The van der Waals surface area contributed by atoms with E-state index in [1.54, 1.807) is 19.1 Å². The number of carbonyl (C=O) groups is 1. The summed E-state index contributed by atoms with van der Waals surface area (Å²) in [4.78, 5) is 25.9. The van der Waals surface area contributed by atoms with Crippen LogP contribution in [0.3, 0.4) is 0 Å². The highest BCUT2D eigenvalue weighted by Gasteiger charge is 2.22. The van der Waals surface area contributed by atoms with Crippen LogP contribution in [0.5, 0.6) is 0 Å². The van der Waals surface area contributed by atoms with Crippen LogP contribution in [0.2, 0.25) is 0 Å². The average Bonchev–Trinajstić information content (AvgIpc) is 3.34. The number of benzene rings is 2. The summed E-state index contributed by atoms with van der Waals surface area (Å²) in [6.07, 6.45) is 2.53. The average molecular weight is 460 g/mol. The number of hydrogen-bond acceptors (Lipinski definition) is 6. The molecule has 1 amide bonds. The zero-order valence-electron chi connectivity index (χ0n) is 19.1. The second kappa shape index (κ2) is 9.69. The second-order valence-electron chi connectivity index (χ2n) is 8.62. The van der Waals surface area contributed by atoms with Crippen molar-refractivity contribution in [2.75, 3.05) is 26.2 Å². The van der Waals surface area contributed by atoms with Gasteiger partial charge in [-0.15, -0.1) is 0 Å². The van der Waals surface area contributed by atoms with Gasteiger partial charge in [-0.25, -0.2) is 4.39 Å². The number of nitrogens with zero attached hydrogens (tertiary/aromatic N) is 5. The van der Waals surface area contributed by atoms with Crippen molar-refractivity contribution in [3.05, 3.63) is 77.6 Å². The van der Waals surface area contributed by atoms with E-state index < -0.39 is 0 Å². The first-order chi connectivity index (χ1) is 16.6. The molecule has 0 spiro atoms. The molecule has 0 aliphatic carbocycles. The maximum Gasteiger partial charge on any atom is 0.227 e. The SMILES string of the molecule is Cc1cc(-c2noc(CCC(=O)N3CCN(Cc4cccc5cccnc45)CC3)n2)ccc1F. The highest BCUT2D eigenvalue weighted by molar-refractivity contribution is 5.81. The molecule has 0 N–H and O–H groups in total. The van der Waals surface area contributed by atoms with Crippen molar-refractivity contribution in [2.24, 2.45) is 0 Å². The van der Waals surface area contributed by atoms with Gasteiger partial charge in [0.25, 0.3) is 0 Å². The highest BCUT2D eigenvalue weighted by Crippen LogP contribution is 2.21. The first-order valence-electron chi connectivity index (χ1n) is 11.5. The van der Waals surface area contributed by atoms with Gasteiger partial charge in [-0.2, -0.15) is 4.98 Å². The molecular formula is C26H26FN5O2. The number of rotatable bonds is 6. The van der Waals surface area contributed by atoms with E-state index in [1.807, 2.05) is 17.2 Å². The van der Waals surface area contributed by atoms with E-state index in [1.165, 1.54) is 11.6 Å². The number of hydrogen-bond donors (Lipinski definition) is 0. The number of halogens is 1. The number of amides is 1. The van der Waals surface area contributed by atoms with Gasteiger partial charge in [-0.1, -0.05) is 29.4 Å². The molecule has 3 heterocycles. The van der Waals surface area contributed by atoms with Gasteiger partial charge < -0.3 is 9.42 Å². The number of piperazine rings is 1. The van der Waals surface area contributed by atoms with Crippen LogP contribution in [-0.2, 0) is 17.8 Å². The first kappa shape index (κ1) is 22.2. The Morgan fingerprint density at radius 2 is 1.91 bits per heavy atom. The Bertz CT molecular complexity index is 1310. The van der Waals surface area contributed by atoms with Crippen LogP contribution < -0.4 is 0 Å². The molecule has 1 fully saturated rings. The molecule has 4 aromatic rings. The van der Waals surface area contributed by atoms with Crippen molar-refractivity contribution in [3.63, 3.8) is 0 Å². The Morgan fingerprint density at radius 1 is 1.09 bits per heavy atom. The molecule has 8 heteroatoms. The summed E-state index contributed by atoms with van der Waals surface area (Å²) in [5.41, 5.74) is 3.47. The van der Waals surface area contributed by atoms with Crippen LogP contribution in [0.1, 0.15) is 23.4 Å². The zero-order valence-corrected chi connectivity index (χ0v) is 19.1. The van der Waals surface area contributed by atoms with E-state index in [2.05, 4.69) is 44.3 Å². The third kappa shape index (κ3) is 4.82. The lowest BCUT2D eigenvalue weighted by Crippen LogP contribution is -2.48. The number of para-hydroxylation sites is 1. The van der Waals surface area contributed by atoms with E-state index in [4.69, 9.17) is 4.52 Å². The lowest BCUT2D eigenvalue weighted by molar-refractivity contribution is -0.133. The molecule has 1 aliphatic heterocycles. The van der Waals surface area contributed by atoms with Gasteiger partial charge in [-0.3, -0.25) is 14.7 Å². The molecule has 0 unspecified atom stereocenters. The van der Waals surface area contributed by atoms with Crippen LogP contribution in [0, 0.1) is 12.7 Å². The fraction of sp³-hybridized carbons (Fsp3) is 0.308. The Labute approximate surface area is 197 Å². The lowest BCUT2D eigenvalue weighted by Gasteiger charge is -2.34. The van der Waals surface area contributed by atoms with Gasteiger partial charge >= 0.3 is 0 Å². The molecule has 2 aromatic carbocycles. The molecule has 1 aliphatic rings. The largest absolute Gasteiger partial charge is 0.340 e. The third-order valence-corrected chi connectivity index (χ3v) is 6.27. The molecule has 0 radical (unpaired) electrons. The van der Waals surface area contributed by atoms with Crippen molar-refractivity contribution < 1.29 is 13.7 Å². The predicted molar refractivity (Wildman–Crippen MR) is 126 cm³/mol. The molecule has 1 saturated heterocycles. The molecule has 0 bridgehead atoms. The second-order valence-corrected chi connectivity index (χ2v) is 8.62. The minimum absolute atomic E-state index is 0.0869. The van der Waals surface area contributed by atoms with E-state index in [9.17, 15) is 9.18 Å². The van der Waals surface area contributed by atoms with E-state index in [0.29, 0.717) is 48.8 Å². The maximum absolute atomic E-state index is 13.5. The summed E-state index contributed by atoms with van der Waals surface area (Å²) in [5.74, 6) is 0.630. The number of pyridine rings is 1. The Kier molecular flexibility index (Phi) is 6.31. The third-order valence-electron chi connectivity index (χ3n) is 6.27. The fourth-order valence-electron chi connectivity index (χ4n) is 4.32. The summed E-state index contributed by atoms with van der Waals surface area (Å²) in [6.45, 7) is 5.55. The molecule has 34 heavy (non-hydrogen) atoms. The van der Waals surface area contributed by atoms with Crippen molar-refractivity contribution in [3.8, 4) is 11.4 Å². The number of aromatic nitrogens is 3. The summed E-state index contributed by atoms with van der Waals surface area (Å²) < 4.78 is 18.8. The Morgan fingerprint density at radius 3 is 2.74 bits per heavy atom. The van der Waals surface area contributed by atoms with Gasteiger partial charge in [0.15, 0.2) is 0 Å². The van der Waals surface area contributed by atoms with Crippen molar-refractivity contribution in [1.29, 1.82) is 0 Å². The van der Waals surface area contributed by atoms with Crippen molar-refractivity contribution in [1.82, 2.24) is 24.9 Å². The van der Waals surface area contributed by atoms with Crippen molar-refractivity contribution in [2.45, 2.75) is 26.3 Å². The minimum Gasteiger partial charge on any atom is -0.340 e. The fourth-order valence-corrected chi connectivity index (χ4v) is 4.32. The monoisotopic (exact) mass is 459 g/mol. The zero-order chi connectivity index (χ0) is 23.5. The highest BCUT2D eigenvalue weighted by atomic mass is 19.1. The molecule has 0 atom stereocenters. The first-order valence-corrected chi connectivity index (χ1v) is 11.5. The van der Waals surface area contributed by atoms with Crippen LogP contribution in [-0.4, -0.2) is 57.0 Å². The minimum atomic E-state index is -0.271. The van der Waals surface area contributed by atoms with Gasteiger partial charge in [0.1, 0.15) is 5.82 Å². The maximum atomic E-state index is 13.5. The summed E-state index contributed by atoms with van der Waals surface area (Å²) in [5, 5.41) is 5.12.